The molecule has 1 fully saturated rings. The smallest absolute Gasteiger partial charge is 0.319 e. The molecule has 0 aliphatic carbocycles. The molecule has 1 heterocycles. The van der Waals surface area contributed by atoms with Gasteiger partial charge in [0.15, 0.2) is 0 Å². The van der Waals surface area contributed by atoms with Gasteiger partial charge in [0, 0.05) is 36.3 Å². The number of benzene rings is 2. The second kappa shape index (κ2) is 8.89. The Kier molecular flexibility index (Phi) is 6.31. The van der Waals surface area contributed by atoms with Crippen LogP contribution >= 0.6 is 0 Å². The molecule has 3 rings (SSSR count). The van der Waals surface area contributed by atoms with E-state index in [4.69, 9.17) is 4.74 Å². The standard InChI is InChI=1S/C22H27N3O3/c1-22(2,18-8-4-3-5-9-18)16-23-21(27)24-19-10-6-7-17(15-19)20(26)25-11-13-28-14-12-25/h3-10,15H,11-14,16H2,1-2H3,(H2,23,24,27). The Morgan fingerprint density at radius 2 is 1.75 bits per heavy atom. The van der Waals surface area contributed by atoms with Crippen molar-refractivity contribution >= 4 is 17.6 Å². The maximum absolute atomic E-state index is 12.6. The van der Waals surface area contributed by atoms with Crippen LogP contribution in [0.5, 0.6) is 0 Å². The third-order valence-corrected chi connectivity index (χ3v) is 4.91. The highest BCUT2D eigenvalue weighted by molar-refractivity contribution is 5.97. The maximum Gasteiger partial charge on any atom is 0.319 e. The number of ether oxygens (including phenoxy) is 1. The van der Waals surface area contributed by atoms with Crippen LogP contribution < -0.4 is 10.6 Å². The average Bonchev–Trinajstić information content (AvgIpc) is 2.73. The molecule has 2 aromatic carbocycles. The van der Waals surface area contributed by atoms with Crippen LogP contribution in [-0.4, -0.2) is 49.7 Å². The number of morpholine rings is 1. The normalized spacial score (nSPS) is 14.4. The minimum atomic E-state index is -0.292. The summed E-state index contributed by atoms with van der Waals surface area (Å²) >= 11 is 0. The molecule has 1 saturated heterocycles. The number of carbonyl (C=O) groups is 2. The van der Waals surface area contributed by atoms with Crippen molar-refractivity contribution in [2.75, 3.05) is 38.2 Å². The van der Waals surface area contributed by atoms with Gasteiger partial charge in [-0.15, -0.1) is 0 Å². The van der Waals surface area contributed by atoms with Crippen molar-refractivity contribution in [3.8, 4) is 0 Å². The molecule has 3 amide bonds. The molecular weight excluding hydrogens is 354 g/mol. The predicted octanol–water partition coefficient (Wildman–Crippen LogP) is 3.26. The Balaban J connectivity index is 1.57. The van der Waals surface area contributed by atoms with E-state index in [1.54, 1.807) is 29.2 Å². The van der Waals surface area contributed by atoms with Crippen molar-refractivity contribution in [1.29, 1.82) is 0 Å². The van der Waals surface area contributed by atoms with E-state index in [-0.39, 0.29) is 17.4 Å². The third-order valence-electron chi connectivity index (χ3n) is 4.91. The lowest BCUT2D eigenvalue weighted by molar-refractivity contribution is 0.0303. The van der Waals surface area contributed by atoms with Crippen LogP contribution in [0.4, 0.5) is 10.5 Å². The Bertz CT molecular complexity index is 815. The summed E-state index contributed by atoms with van der Waals surface area (Å²) in [5, 5.41) is 5.74. The van der Waals surface area contributed by atoms with E-state index in [1.807, 2.05) is 18.2 Å². The number of nitrogens with one attached hydrogen (secondary N) is 2. The summed E-state index contributed by atoms with van der Waals surface area (Å²) in [6.07, 6.45) is 0. The molecule has 0 atom stereocenters. The number of hydrogen-bond donors (Lipinski definition) is 2. The summed E-state index contributed by atoms with van der Waals surface area (Å²) in [4.78, 5) is 26.7. The first-order valence-corrected chi connectivity index (χ1v) is 9.53. The van der Waals surface area contributed by atoms with Crippen molar-refractivity contribution in [2.24, 2.45) is 0 Å². The number of nitrogens with zero attached hydrogens (tertiary/aromatic N) is 1. The fourth-order valence-electron chi connectivity index (χ4n) is 3.15. The van der Waals surface area contributed by atoms with Crippen molar-refractivity contribution in [2.45, 2.75) is 19.3 Å². The molecule has 1 aliphatic heterocycles. The zero-order valence-corrected chi connectivity index (χ0v) is 16.4. The molecule has 0 unspecified atom stereocenters. The number of anilines is 1. The predicted molar refractivity (Wildman–Crippen MR) is 110 cm³/mol. The number of urea groups is 1. The van der Waals surface area contributed by atoms with Gasteiger partial charge in [-0.05, 0) is 23.8 Å². The summed E-state index contributed by atoms with van der Waals surface area (Å²) in [7, 11) is 0. The van der Waals surface area contributed by atoms with Gasteiger partial charge < -0.3 is 20.3 Å². The highest BCUT2D eigenvalue weighted by Gasteiger charge is 2.21. The number of rotatable bonds is 5. The molecular formula is C22H27N3O3. The third kappa shape index (κ3) is 5.10. The minimum Gasteiger partial charge on any atom is -0.378 e. The largest absolute Gasteiger partial charge is 0.378 e. The van der Waals surface area contributed by atoms with E-state index >= 15 is 0 Å². The van der Waals surface area contributed by atoms with E-state index in [0.29, 0.717) is 44.1 Å². The SMILES string of the molecule is CC(C)(CNC(=O)Nc1cccc(C(=O)N2CCOCC2)c1)c1ccccc1. The zero-order valence-electron chi connectivity index (χ0n) is 16.4. The van der Waals surface area contributed by atoms with Crippen molar-refractivity contribution in [1.82, 2.24) is 10.2 Å². The van der Waals surface area contributed by atoms with Crippen LogP contribution in [-0.2, 0) is 10.2 Å². The summed E-state index contributed by atoms with van der Waals surface area (Å²) in [6.45, 7) is 6.97. The van der Waals surface area contributed by atoms with Gasteiger partial charge in [-0.25, -0.2) is 4.79 Å². The molecule has 28 heavy (non-hydrogen) atoms. The van der Waals surface area contributed by atoms with E-state index in [0.717, 1.165) is 5.56 Å². The molecule has 0 aromatic heterocycles. The summed E-state index contributed by atoms with van der Waals surface area (Å²) in [6, 6.07) is 16.8. The summed E-state index contributed by atoms with van der Waals surface area (Å²) in [5.41, 5.74) is 2.12. The Morgan fingerprint density at radius 3 is 2.46 bits per heavy atom. The van der Waals surface area contributed by atoms with Crippen LogP contribution in [0.15, 0.2) is 54.6 Å². The summed E-state index contributed by atoms with van der Waals surface area (Å²) in [5.74, 6) is -0.0439. The van der Waals surface area contributed by atoms with Gasteiger partial charge in [0.2, 0.25) is 0 Å². The highest BCUT2D eigenvalue weighted by Crippen LogP contribution is 2.21. The van der Waals surface area contributed by atoms with Gasteiger partial charge >= 0.3 is 6.03 Å². The Morgan fingerprint density at radius 1 is 1.04 bits per heavy atom. The molecule has 6 heteroatoms. The van der Waals surface area contributed by atoms with Gasteiger partial charge in [-0.2, -0.15) is 0 Å². The number of hydrogen-bond acceptors (Lipinski definition) is 3. The van der Waals surface area contributed by atoms with Crippen LogP contribution in [0.2, 0.25) is 0 Å². The molecule has 0 radical (unpaired) electrons. The lowest BCUT2D eigenvalue weighted by Crippen LogP contribution is -2.40. The molecule has 1 aliphatic rings. The van der Waals surface area contributed by atoms with Crippen molar-refractivity contribution in [3.63, 3.8) is 0 Å². The minimum absolute atomic E-state index is 0.0439. The van der Waals surface area contributed by atoms with Crippen LogP contribution in [0.1, 0.15) is 29.8 Å². The first-order valence-electron chi connectivity index (χ1n) is 9.53. The monoisotopic (exact) mass is 381 g/mol. The Hall–Kier alpha value is -2.86. The van der Waals surface area contributed by atoms with Gasteiger partial charge in [0.25, 0.3) is 5.91 Å². The highest BCUT2D eigenvalue weighted by atomic mass is 16.5. The van der Waals surface area contributed by atoms with Crippen LogP contribution in [0, 0.1) is 0 Å². The lowest BCUT2D eigenvalue weighted by Gasteiger charge is -2.27. The second-order valence-electron chi connectivity index (χ2n) is 7.54. The first kappa shape index (κ1) is 19.9. The van der Waals surface area contributed by atoms with Gasteiger partial charge in [0.05, 0.1) is 13.2 Å². The molecule has 2 aromatic rings. The van der Waals surface area contributed by atoms with Crippen LogP contribution in [0.25, 0.3) is 0 Å². The van der Waals surface area contributed by atoms with Gasteiger partial charge in [-0.3, -0.25) is 4.79 Å². The molecule has 6 nitrogen and oxygen atoms in total. The molecule has 0 saturated carbocycles. The van der Waals surface area contributed by atoms with E-state index < -0.39 is 0 Å². The van der Waals surface area contributed by atoms with Gasteiger partial charge in [0.1, 0.15) is 0 Å². The second-order valence-corrected chi connectivity index (χ2v) is 7.54. The van der Waals surface area contributed by atoms with Crippen molar-refractivity contribution in [3.05, 3.63) is 65.7 Å². The number of amides is 3. The van der Waals surface area contributed by atoms with Crippen LogP contribution in [0.3, 0.4) is 0 Å². The maximum atomic E-state index is 12.6. The average molecular weight is 381 g/mol. The van der Waals surface area contributed by atoms with Crippen molar-refractivity contribution < 1.29 is 14.3 Å². The summed E-state index contributed by atoms with van der Waals surface area (Å²) < 4.78 is 5.29. The van der Waals surface area contributed by atoms with E-state index in [9.17, 15) is 9.59 Å². The Labute approximate surface area is 165 Å². The lowest BCUT2D eigenvalue weighted by atomic mass is 9.85. The van der Waals surface area contributed by atoms with E-state index in [2.05, 4.69) is 36.6 Å². The molecule has 0 bridgehead atoms. The fourth-order valence-corrected chi connectivity index (χ4v) is 3.15. The quantitative estimate of drug-likeness (QED) is 0.835. The molecule has 0 spiro atoms. The molecule has 2 N–H and O–H groups in total. The fraction of sp³-hybridized carbons (Fsp3) is 0.364. The van der Waals surface area contributed by atoms with E-state index in [1.165, 1.54) is 0 Å². The van der Waals surface area contributed by atoms with Gasteiger partial charge in [-0.1, -0.05) is 50.2 Å². The number of carbonyl (C=O) groups excluding carboxylic acids is 2. The topological polar surface area (TPSA) is 70.7 Å². The molecule has 148 valence electrons. The zero-order chi connectivity index (χ0) is 20.0. The first-order chi connectivity index (χ1) is 13.5.